The standard InChI is InChI=1S/C21H28FN3O4/c1-20(2)11-24(7-6-16(20)23)17-8-15-13(9-21(17,22)29-3)18(26)14(19(27)28)10-25(15)12-4-5-12/h8,10,12,16H,4-7,9,11,23H2,1-3H3,(H,27,28). The van der Waals surface area contributed by atoms with Crippen LogP contribution in [0.4, 0.5) is 4.39 Å². The predicted molar refractivity (Wildman–Crippen MR) is 106 cm³/mol. The average molecular weight is 405 g/mol. The highest BCUT2D eigenvalue weighted by atomic mass is 19.2. The first-order valence-electron chi connectivity index (χ1n) is 10.1. The van der Waals surface area contributed by atoms with E-state index < -0.39 is 17.3 Å². The highest BCUT2D eigenvalue weighted by Crippen LogP contribution is 2.43. The smallest absolute Gasteiger partial charge is 0.341 e. The largest absolute Gasteiger partial charge is 0.477 e. The lowest BCUT2D eigenvalue weighted by atomic mass is 9.78. The van der Waals surface area contributed by atoms with E-state index in [1.165, 1.54) is 13.3 Å². The van der Waals surface area contributed by atoms with Gasteiger partial charge in [0.1, 0.15) is 5.56 Å². The second kappa shape index (κ2) is 6.67. The minimum Gasteiger partial charge on any atom is -0.477 e. The molecule has 0 spiro atoms. The number of nitrogens with two attached hydrogens (primary N) is 1. The third-order valence-electron chi connectivity index (χ3n) is 6.58. The summed E-state index contributed by atoms with van der Waals surface area (Å²) in [5.41, 5.74) is 6.22. The molecule has 1 aromatic heterocycles. The zero-order valence-electron chi connectivity index (χ0n) is 17.1. The normalized spacial score (nSPS) is 28.7. The Morgan fingerprint density at radius 3 is 2.59 bits per heavy atom. The number of rotatable bonds is 4. The number of carboxylic acid groups (broad SMARTS) is 1. The van der Waals surface area contributed by atoms with Crippen molar-refractivity contribution in [1.82, 2.24) is 9.47 Å². The zero-order chi connectivity index (χ0) is 21.1. The van der Waals surface area contributed by atoms with Crippen molar-refractivity contribution in [1.29, 1.82) is 0 Å². The van der Waals surface area contributed by atoms with Gasteiger partial charge in [0.05, 0.1) is 11.4 Å². The summed E-state index contributed by atoms with van der Waals surface area (Å²) in [6.45, 7) is 5.30. The molecule has 2 fully saturated rings. The van der Waals surface area contributed by atoms with Gasteiger partial charge in [-0.15, -0.1) is 0 Å². The van der Waals surface area contributed by atoms with E-state index >= 15 is 4.39 Å². The molecule has 2 heterocycles. The molecule has 1 saturated carbocycles. The van der Waals surface area contributed by atoms with Gasteiger partial charge in [-0.25, -0.2) is 9.18 Å². The van der Waals surface area contributed by atoms with Gasteiger partial charge in [0.25, 0.3) is 5.85 Å². The molecule has 7 nitrogen and oxygen atoms in total. The van der Waals surface area contributed by atoms with Crippen LogP contribution >= 0.6 is 0 Å². The van der Waals surface area contributed by atoms with Crippen LogP contribution < -0.4 is 11.2 Å². The molecule has 0 aromatic carbocycles. The van der Waals surface area contributed by atoms with Crippen molar-refractivity contribution < 1.29 is 19.0 Å². The van der Waals surface area contributed by atoms with Gasteiger partial charge in [-0.05, 0) is 30.8 Å². The molecule has 1 aromatic rings. The molecule has 1 saturated heterocycles. The van der Waals surface area contributed by atoms with E-state index in [1.54, 1.807) is 6.08 Å². The third-order valence-corrected chi connectivity index (χ3v) is 6.58. The first kappa shape index (κ1) is 20.1. The Bertz CT molecular complexity index is 950. The number of ether oxygens (including phenoxy) is 1. The van der Waals surface area contributed by atoms with Crippen molar-refractivity contribution in [3.63, 3.8) is 0 Å². The number of aromatic nitrogens is 1. The Labute approximate surface area is 168 Å². The van der Waals surface area contributed by atoms with Crippen molar-refractivity contribution in [2.45, 2.75) is 57.5 Å². The average Bonchev–Trinajstić information content (AvgIpc) is 3.49. The first-order chi connectivity index (χ1) is 13.6. The number of alkyl halides is 1. The van der Waals surface area contributed by atoms with Crippen LogP contribution in [0.2, 0.25) is 0 Å². The van der Waals surface area contributed by atoms with Crippen LogP contribution in [0, 0.1) is 5.41 Å². The van der Waals surface area contributed by atoms with E-state index in [1.807, 2.05) is 9.47 Å². The van der Waals surface area contributed by atoms with Gasteiger partial charge < -0.3 is 25.0 Å². The summed E-state index contributed by atoms with van der Waals surface area (Å²) in [5, 5.41) is 9.45. The molecule has 2 atom stereocenters. The van der Waals surface area contributed by atoms with Crippen molar-refractivity contribution in [3.8, 4) is 0 Å². The Kier molecular flexibility index (Phi) is 4.62. The number of fused-ring (bicyclic) bond motifs is 1. The molecule has 4 rings (SSSR count). The van der Waals surface area contributed by atoms with Crippen molar-refractivity contribution >= 4 is 12.0 Å². The van der Waals surface area contributed by atoms with Gasteiger partial charge in [-0.2, -0.15) is 0 Å². The molecule has 2 unspecified atom stereocenters. The summed E-state index contributed by atoms with van der Waals surface area (Å²) < 4.78 is 23.1. The van der Waals surface area contributed by atoms with Crippen molar-refractivity contribution in [2.24, 2.45) is 11.1 Å². The SMILES string of the molecule is COC1(F)Cc2c(n(C3CC3)cc(C(=O)O)c2=O)C=C1N1CCC(N)C(C)(C)C1. The quantitative estimate of drug-likeness (QED) is 0.797. The van der Waals surface area contributed by atoms with Crippen LogP contribution in [0.15, 0.2) is 16.7 Å². The minimum absolute atomic E-state index is 0.0227. The summed E-state index contributed by atoms with van der Waals surface area (Å²) in [4.78, 5) is 26.3. The van der Waals surface area contributed by atoms with Crippen LogP contribution in [-0.4, -0.2) is 52.6 Å². The lowest BCUT2D eigenvalue weighted by Crippen LogP contribution is -2.55. The molecular weight excluding hydrogens is 377 g/mol. The summed E-state index contributed by atoms with van der Waals surface area (Å²) in [7, 11) is 1.28. The van der Waals surface area contributed by atoms with E-state index in [4.69, 9.17) is 10.5 Å². The Morgan fingerprint density at radius 2 is 2.03 bits per heavy atom. The number of aromatic carboxylic acids is 1. The van der Waals surface area contributed by atoms with E-state index in [-0.39, 0.29) is 35.0 Å². The van der Waals surface area contributed by atoms with Crippen molar-refractivity contribution in [2.75, 3.05) is 20.2 Å². The lowest BCUT2D eigenvalue weighted by Gasteiger charge is -2.47. The zero-order valence-corrected chi connectivity index (χ0v) is 17.1. The lowest BCUT2D eigenvalue weighted by molar-refractivity contribution is -0.111. The molecule has 3 N–H and O–H groups in total. The molecule has 3 aliphatic rings. The molecule has 158 valence electrons. The second-order valence-electron chi connectivity index (χ2n) is 9.12. The molecule has 0 radical (unpaired) electrons. The monoisotopic (exact) mass is 405 g/mol. The van der Waals surface area contributed by atoms with E-state index in [0.29, 0.717) is 24.5 Å². The van der Waals surface area contributed by atoms with E-state index in [2.05, 4.69) is 13.8 Å². The van der Waals surface area contributed by atoms with E-state index in [0.717, 1.165) is 19.3 Å². The molecule has 0 bridgehead atoms. The molecule has 8 heteroatoms. The summed E-state index contributed by atoms with van der Waals surface area (Å²) in [6, 6.07) is 0.162. The van der Waals surface area contributed by atoms with Crippen LogP contribution in [0.5, 0.6) is 0 Å². The van der Waals surface area contributed by atoms with Gasteiger partial charge in [0, 0.05) is 50.5 Å². The summed E-state index contributed by atoms with van der Waals surface area (Å²) in [5.74, 6) is -3.49. The maximum absolute atomic E-state index is 16.0. The van der Waals surface area contributed by atoms with Crippen LogP contribution in [0.3, 0.4) is 0 Å². The van der Waals surface area contributed by atoms with Crippen LogP contribution in [0.25, 0.3) is 6.08 Å². The molecule has 29 heavy (non-hydrogen) atoms. The maximum atomic E-state index is 16.0. The van der Waals surface area contributed by atoms with Gasteiger partial charge in [0.15, 0.2) is 5.43 Å². The number of halogens is 1. The molecular formula is C21H28FN3O4. The number of pyridine rings is 1. The fourth-order valence-electron chi connectivity index (χ4n) is 4.48. The number of piperidine rings is 1. The number of nitrogens with zero attached hydrogens (tertiary/aromatic N) is 2. The van der Waals surface area contributed by atoms with E-state index in [9.17, 15) is 14.7 Å². The second-order valence-corrected chi connectivity index (χ2v) is 9.12. The van der Waals surface area contributed by atoms with Crippen LogP contribution in [0.1, 0.15) is 60.8 Å². The maximum Gasteiger partial charge on any atom is 0.341 e. The minimum atomic E-state index is -2.19. The molecule has 1 aliphatic heterocycles. The highest BCUT2D eigenvalue weighted by Gasteiger charge is 2.46. The number of hydrogen-bond acceptors (Lipinski definition) is 5. The topological polar surface area (TPSA) is 97.8 Å². The number of carbonyl (C=O) groups is 1. The van der Waals surface area contributed by atoms with Crippen molar-refractivity contribution in [3.05, 3.63) is 38.9 Å². The highest BCUT2D eigenvalue weighted by molar-refractivity contribution is 5.88. The fourth-order valence-corrected chi connectivity index (χ4v) is 4.48. The molecule has 0 amide bonds. The number of carboxylic acids is 1. The number of methoxy groups -OCH3 is 1. The number of hydrogen-bond donors (Lipinski definition) is 2. The third kappa shape index (κ3) is 3.28. The fraction of sp³-hybridized carbons (Fsp3) is 0.619. The van der Waals surface area contributed by atoms with Gasteiger partial charge in [-0.3, -0.25) is 4.79 Å². The predicted octanol–water partition coefficient (Wildman–Crippen LogP) is 2.15. The Hall–Kier alpha value is -2.19. The Morgan fingerprint density at radius 1 is 1.34 bits per heavy atom. The van der Waals surface area contributed by atoms with Gasteiger partial charge in [-0.1, -0.05) is 13.8 Å². The van der Waals surface area contributed by atoms with Gasteiger partial charge in [0.2, 0.25) is 0 Å². The summed E-state index contributed by atoms with van der Waals surface area (Å²) in [6.07, 6.45) is 5.33. The summed E-state index contributed by atoms with van der Waals surface area (Å²) >= 11 is 0. The first-order valence-corrected chi connectivity index (χ1v) is 10.1. The van der Waals surface area contributed by atoms with Gasteiger partial charge >= 0.3 is 5.97 Å². The number of likely N-dealkylation sites (tertiary alicyclic amines) is 1. The van der Waals surface area contributed by atoms with Crippen LogP contribution in [-0.2, 0) is 11.2 Å². The Balaban J connectivity index is 1.87. The molecule has 2 aliphatic carbocycles.